The molecule has 0 radical (unpaired) electrons. The van der Waals surface area contributed by atoms with E-state index in [1.54, 1.807) is 11.8 Å². The standard InChI is InChI=1S/C15H19N3O2/c1-15(14(19)18-8-7-12(16)10-18)9-13(17-20-15)11-5-3-2-4-6-11/h2-6,12H,7-10,16H2,1H3/t12-,15?/m1/s1. The number of likely N-dealkylation sites (tertiary alicyclic amines) is 1. The van der Waals surface area contributed by atoms with Crippen molar-refractivity contribution in [1.82, 2.24) is 4.90 Å². The molecule has 2 N–H and O–H groups in total. The Balaban J connectivity index is 1.72. The second-order valence-electron chi connectivity index (χ2n) is 5.70. The van der Waals surface area contributed by atoms with Gasteiger partial charge in [0.25, 0.3) is 5.91 Å². The highest BCUT2D eigenvalue weighted by atomic mass is 16.7. The van der Waals surface area contributed by atoms with Crippen LogP contribution in [0.15, 0.2) is 35.5 Å². The fourth-order valence-corrected chi connectivity index (χ4v) is 2.75. The number of hydrogen-bond donors (Lipinski definition) is 1. The zero-order chi connectivity index (χ0) is 14.2. The normalized spacial score (nSPS) is 29.2. The van der Waals surface area contributed by atoms with Gasteiger partial charge in [-0.25, -0.2) is 0 Å². The second kappa shape index (κ2) is 4.90. The van der Waals surface area contributed by atoms with E-state index in [0.29, 0.717) is 19.5 Å². The molecule has 106 valence electrons. The van der Waals surface area contributed by atoms with Crippen LogP contribution < -0.4 is 5.73 Å². The summed E-state index contributed by atoms with van der Waals surface area (Å²) >= 11 is 0. The van der Waals surface area contributed by atoms with E-state index in [9.17, 15) is 4.79 Å². The van der Waals surface area contributed by atoms with Crippen molar-refractivity contribution in [3.8, 4) is 0 Å². The van der Waals surface area contributed by atoms with Gasteiger partial charge in [0.2, 0.25) is 5.60 Å². The highest BCUT2D eigenvalue weighted by Crippen LogP contribution is 2.29. The van der Waals surface area contributed by atoms with E-state index in [-0.39, 0.29) is 11.9 Å². The summed E-state index contributed by atoms with van der Waals surface area (Å²) in [5.74, 6) is -0.0138. The third-order valence-electron chi connectivity index (χ3n) is 3.93. The molecule has 1 aromatic carbocycles. The van der Waals surface area contributed by atoms with Gasteiger partial charge in [-0.3, -0.25) is 4.79 Å². The zero-order valence-corrected chi connectivity index (χ0v) is 11.6. The van der Waals surface area contributed by atoms with Crippen molar-refractivity contribution in [3.63, 3.8) is 0 Å². The molecule has 0 spiro atoms. The molecular weight excluding hydrogens is 254 g/mol. The van der Waals surface area contributed by atoms with Gasteiger partial charge in [0.15, 0.2) is 0 Å². The zero-order valence-electron chi connectivity index (χ0n) is 11.6. The number of rotatable bonds is 2. The molecule has 0 aliphatic carbocycles. The number of oxime groups is 1. The van der Waals surface area contributed by atoms with Gasteiger partial charge in [-0.2, -0.15) is 0 Å². The molecule has 0 saturated carbocycles. The Kier molecular flexibility index (Phi) is 3.22. The van der Waals surface area contributed by atoms with Crippen LogP contribution in [0.1, 0.15) is 25.3 Å². The predicted octanol–water partition coefficient (Wildman–Crippen LogP) is 1.13. The van der Waals surface area contributed by atoms with Crippen molar-refractivity contribution in [1.29, 1.82) is 0 Å². The average Bonchev–Trinajstić information content (AvgIpc) is 3.06. The Labute approximate surface area is 118 Å². The Hall–Kier alpha value is -1.88. The molecular formula is C15H19N3O2. The fourth-order valence-electron chi connectivity index (χ4n) is 2.75. The van der Waals surface area contributed by atoms with Gasteiger partial charge in [-0.1, -0.05) is 35.5 Å². The van der Waals surface area contributed by atoms with Crippen LogP contribution in [0.25, 0.3) is 0 Å². The summed E-state index contributed by atoms with van der Waals surface area (Å²) in [6, 6.07) is 9.90. The molecule has 2 aliphatic heterocycles. The predicted molar refractivity (Wildman–Crippen MR) is 76.3 cm³/mol. The number of hydrogen-bond acceptors (Lipinski definition) is 4. The Morgan fingerprint density at radius 1 is 1.45 bits per heavy atom. The molecule has 1 saturated heterocycles. The van der Waals surface area contributed by atoms with Crippen molar-refractivity contribution in [3.05, 3.63) is 35.9 Å². The third kappa shape index (κ3) is 2.29. The maximum Gasteiger partial charge on any atom is 0.269 e. The molecule has 5 nitrogen and oxygen atoms in total. The van der Waals surface area contributed by atoms with Crippen LogP contribution in [-0.4, -0.2) is 41.3 Å². The summed E-state index contributed by atoms with van der Waals surface area (Å²) in [6.07, 6.45) is 1.36. The number of carbonyl (C=O) groups is 1. The topological polar surface area (TPSA) is 67.9 Å². The van der Waals surface area contributed by atoms with Gasteiger partial charge in [0, 0.05) is 25.6 Å². The quantitative estimate of drug-likeness (QED) is 0.878. The van der Waals surface area contributed by atoms with Gasteiger partial charge in [0.05, 0.1) is 5.71 Å². The van der Waals surface area contributed by atoms with Crippen LogP contribution >= 0.6 is 0 Å². The van der Waals surface area contributed by atoms with Crippen molar-refractivity contribution >= 4 is 11.6 Å². The number of carbonyl (C=O) groups excluding carboxylic acids is 1. The van der Waals surface area contributed by atoms with Gasteiger partial charge in [-0.15, -0.1) is 0 Å². The van der Waals surface area contributed by atoms with E-state index in [2.05, 4.69) is 5.16 Å². The molecule has 5 heteroatoms. The van der Waals surface area contributed by atoms with Gasteiger partial charge < -0.3 is 15.5 Å². The van der Waals surface area contributed by atoms with Crippen molar-refractivity contribution in [2.75, 3.05) is 13.1 Å². The summed E-state index contributed by atoms with van der Waals surface area (Å²) in [5.41, 5.74) is 6.79. The molecule has 3 rings (SSSR count). The van der Waals surface area contributed by atoms with E-state index < -0.39 is 5.60 Å². The van der Waals surface area contributed by atoms with Gasteiger partial charge in [0.1, 0.15) is 0 Å². The second-order valence-corrected chi connectivity index (χ2v) is 5.70. The number of amides is 1. The number of benzene rings is 1. The summed E-state index contributed by atoms with van der Waals surface area (Å²) in [4.78, 5) is 19.8. The maximum atomic E-state index is 12.6. The lowest BCUT2D eigenvalue weighted by Crippen LogP contribution is -2.47. The Morgan fingerprint density at radius 2 is 2.20 bits per heavy atom. The van der Waals surface area contributed by atoms with Crippen LogP contribution in [-0.2, 0) is 9.63 Å². The first-order valence-corrected chi connectivity index (χ1v) is 6.94. The molecule has 1 amide bonds. The summed E-state index contributed by atoms with van der Waals surface area (Å²) in [7, 11) is 0. The van der Waals surface area contributed by atoms with E-state index in [1.807, 2.05) is 30.3 Å². The van der Waals surface area contributed by atoms with Crippen LogP contribution in [0.4, 0.5) is 0 Å². The van der Waals surface area contributed by atoms with Crippen LogP contribution in [0.3, 0.4) is 0 Å². The molecule has 2 heterocycles. The number of nitrogens with two attached hydrogens (primary N) is 1. The molecule has 20 heavy (non-hydrogen) atoms. The lowest BCUT2D eigenvalue weighted by atomic mass is 9.94. The lowest BCUT2D eigenvalue weighted by Gasteiger charge is -2.26. The minimum Gasteiger partial charge on any atom is -0.379 e. The summed E-state index contributed by atoms with van der Waals surface area (Å²) in [6.45, 7) is 3.12. The molecule has 2 atom stereocenters. The maximum absolute atomic E-state index is 12.6. The van der Waals surface area contributed by atoms with E-state index in [0.717, 1.165) is 17.7 Å². The van der Waals surface area contributed by atoms with E-state index >= 15 is 0 Å². The first-order chi connectivity index (χ1) is 9.58. The summed E-state index contributed by atoms with van der Waals surface area (Å²) in [5, 5.41) is 4.11. The van der Waals surface area contributed by atoms with Gasteiger partial charge in [-0.05, 0) is 18.9 Å². The van der Waals surface area contributed by atoms with Crippen molar-refractivity contribution in [2.45, 2.75) is 31.4 Å². The fraction of sp³-hybridized carbons (Fsp3) is 0.467. The largest absolute Gasteiger partial charge is 0.379 e. The van der Waals surface area contributed by atoms with Crippen LogP contribution in [0.2, 0.25) is 0 Å². The summed E-state index contributed by atoms with van der Waals surface area (Å²) < 4.78 is 0. The molecule has 1 aromatic rings. The van der Waals surface area contributed by atoms with Crippen molar-refractivity contribution in [2.24, 2.45) is 10.9 Å². The Morgan fingerprint density at radius 3 is 2.85 bits per heavy atom. The lowest BCUT2D eigenvalue weighted by molar-refractivity contribution is -0.152. The smallest absolute Gasteiger partial charge is 0.269 e. The molecule has 1 unspecified atom stereocenters. The first kappa shape index (κ1) is 13.1. The Bertz CT molecular complexity index is 543. The molecule has 1 fully saturated rings. The van der Waals surface area contributed by atoms with E-state index in [1.165, 1.54) is 0 Å². The average molecular weight is 273 g/mol. The minimum atomic E-state index is -0.894. The highest BCUT2D eigenvalue weighted by molar-refractivity contribution is 6.05. The minimum absolute atomic E-state index is 0.0138. The van der Waals surface area contributed by atoms with E-state index in [4.69, 9.17) is 10.6 Å². The van der Waals surface area contributed by atoms with Gasteiger partial charge >= 0.3 is 0 Å². The molecule has 0 aromatic heterocycles. The molecule has 0 bridgehead atoms. The number of nitrogens with zero attached hydrogens (tertiary/aromatic N) is 2. The highest BCUT2D eigenvalue weighted by Gasteiger charge is 2.45. The van der Waals surface area contributed by atoms with Crippen LogP contribution in [0, 0.1) is 0 Å². The first-order valence-electron chi connectivity index (χ1n) is 6.94. The third-order valence-corrected chi connectivity index (χ3v) is 3.93. The van der Waals surface area contributed by atoms with Crippen LogP contribution in [0.5, 0.6) is 0 Å². The van der Waals surface area contributed by atoms with Crippen molar-refractivity contribution < 1.29 is 9.63 Å². The molecule has 2 aliphatic rings. The monoisotopic (exact) mass is 273 g/mol. The SMILES string of the molecule is CC1(C(=O)N2CC[C@@H](N)C2)CC(c2ccccc2)=NO1.